The minimum absolute atomic E-state index is 0.726. The van der Waals surface area contributed by atoms with Gasteiger partial charge >= 0.3 is 0 Å². The van der Waals surface area contributed by atoms with E-state index in [-0.39, 0.29) is 0 Å². The first kappa shape index (κ1) is 17.2. The molecule has 0 N–H and O–H groups in total. The Morgan fingerprint density at radius 1 is 0.739 bits per heavy atom. The molecule has 2 rings (SSSR count). The van der Waals surface area contributed by atoms with E-state index in [1.807, 2.05) is 62.4 Å². The molecule has 0 heterocycles. The Kier molecular flexibility index (Phi) is 5.22. The molecule has 0 amide bonds. The molecule has 23 heavy (non-hydrogen) atoms. The fraction of sp³-hybridized carbons (Fsp3) is 0.200. The maximum absolute atomic E-state index is 13.1. The Labute approximate surface area is 139 Å². The summed E-state index contributed by atoms with van der Waals surface area (Å²) >= 11 is 0. The number of hydrogen-bond donors (Lipinski definition) is 0. The molecule has 0 saturated carbocycles. The van der Waals surface area contributed by atoms with Crippen molar-refractivity contribution in [1.82, 2.24) is 0 Å². The normalized spacial score (nSPS) is 14.0. The molecule has 0 aromatic heterocycles. The molecule has 120 valence electrons. The third kappa shape index (κ3) is 3.62. The Morgan fingerprint density at radius 3 is 1.30 bits per heavy atom. The van der Waals surface area contributed by atoms with Crippen molar-refractivity contribution in [1.29, 1.82) is 0 Å². The molecule has 2 nitrogen and oxygen atoms in total. The van der Waals surface area contributed by atoms with Crippen LogP contribution in [0.4, 0.5) is 0 Å². The molecule has 0 spiro atoms. The average molecular weight is 326 g/mol. The molecule has 0 aliphatic heterocycles. The van der Waals surface area contributed by atoms with Gasteiger partial charge in [-0.1, -0.05) is 71.8 Å². The first-order valence-electron chi connectivity index (χ1n) is 7.51. The molecular formula is C20H22O2S. The van der Waals surface area contributed by atoms with Gasteiger partial charge in [0, 0.05) is 0 Å². The average Bonchev–Trinajstić information content (AvgIpc) is 2.52. The van der Waals surface area contributed by atoms with Crippen LogP contribution < -0.4 is 0 Å². The van der Waals surface area contributed by atoms with Gasteiger partial charge in [-0.25, -0.2) is 8.42 Å². The van der Waals surface area contributed by atoms with Crippen LogP contribution in [0.5, 0.6) is 0 Å². The monoisotopic (exact) mass is 326 g/mol. The molecule has 0 aliphatic carbocycles. The molecule has 0 aliphatic rings. The minimum atomic E-state index is -3.53. The van der Waals surface area contributed by atoms with Crippen LogP contribution in [0.1, 0.15) is 32.8 Å². The summed E-state index contributed by atoms with van der Waals surface area (Å²) in [5.41, 5.74) is 3.63. The van der Waals surface area contributed by atoms with E-state index >= 15 is 0 Å². The summed E-state index contributed by atoms with van der Waals surface area (Å²) in [6.45, 7) is 11.4. The number of sulfone groups is 1. The molecular weight excluding hydrogens is 304 g/mol. The molecule has 2 aromatic carbocycles. The first-order chi connectivity index (χ1) is 10.9. The predicted molar refractivity (Wildman–Crippen MR) is 97.2 cm³/mol. The van der Waals surface area contributed by atoms with E-state index in [4.69, 9.17) is 0 Å². The molecule has 3 heteroatoms. The summed E-state index contributed by atoms with van der Waals surface area (Å²) in [4.78, 5) is 0. The van der Waals surface area contributed by atoms with E-state index in [1.165, 1.54) is 12.2 Å². The lowest BCUT2D eigenvalue weighted by molar-refractivity contribution is 0.584. The van der Waals surface area contributed by atoms with Gasteiger partial charge in [0.15, 0.2) is 9.84 Å². The number of rotatable bonds is 6. The third-order valence-electron chi connectivity index (χ3n) is 3.95. The van der Waals surface area contributed by atoms with Crippen LogP contribution in [0.25, 0.3) is 0 Å². The number of hydrogen-bond acceptors (Lipinski definition) is 2. The van der Waals surface area contributed by atoms with Crippen LogP contribution >= 0.6 is 0 Å². The lowest BCUT2D eigenvalue weighted by Crippen LogP contribution is -2.18. The Morgan fingerprint density at radius 2 is 1.04 bits per heavy atom. The summed E-state index contributed by atoms with van der Waals surface area (Å²) in [7, 11) is -3.53. The predicted octanol–water partition coefficient (Wildman–Crippen LogP) is 4.87. The van der Waals surface area contributed by atoms with E-state index in [9.17, 15) is 8.42 Å². The van der Waals surface area contributed by atoms with Crippen molar-refractivity contribution in [3.05, 3.63) is 96.1 Å². The second-order valence-corrected chi connectivity index (χ2v) is 7.92. The lowest BCUT2D eigenvalue weighted by Gasteiger charge is -2.21. The molecule has 2 aromatic rings. The van der Waals surface area contributed by atoms with E-state index in [0.717, 1.165) is 22.3 Å². The highest BCUT2D eigenvalue weighted by molar-refractivity contribution is 7.92. The van der Waals surface area contributed by atoms with Gasteiger partial charge in [-0.15, -0.1) is 13.2 Å². The van der Waals surface area contributed by atoms with Gasteiger partial charge in [-0.05, 0) is 25.0 Å². The SMILES string of the molecule is C=CC(c1ccc(C)cc1)S(=O)(=O)C(C=C)c1ccc(C)cc1. The van der Waals surface area contributed by atoms with Crippen molar-refractivity contribution in [3.8, 4) is 0 Å². The Hall–Kier alpha value is -2.13. The van der Waals surface area contributed by atoms with Crippen LogP contribution in [-0.4, -0.2) is 8.42 Å². The van der Waals surface area contributed by atoms with Crippen molar-refractivity contribution in [2.75, 3.05) is 0 Å². The zero-order valence-corrected chi connectivity index (χ0v) is 14.4. The van der Waals surface area contributed by atoms with Crippen molar-refractivity contribution in [3.63, 3.8) is 0 Å². The van der Waals surface area contributed by atoms with E-state index < -0.39 is 20.3 Å². The summed E-state index contributed by atoms with van der Waals surface area (Å²) in [6, 6.07) is 15.0. The smallest absolute Gasteiger partial charge is 0.171 e. The second kappa shape index (κ2) is 6.97. The van der Waals surface area contributed by atoms with E-state index in [2.05, 4.69) is 13.2 Å². The summed E-state index contributed by atoms with van der Waals surface area (Å²) in [5.74, 6) is 0. The molecule has 0 fully saturated rings. The Bertz CT molecular complexity index is 721. The highest BCUT2D eigenvalue weighted by Crippen LogP contribution is 2.35. The van der Waals surface area contributed by atoms with Gasteiger partial charge in [0.05, 0.1) is 0 Å². The van der Waals surface area contributed by atoms with Crippen LogP contribution in [-0.2, 0) is 9.84 Å². The molecule has 0 bridgehead atoms. The fourth-order valence-corrected chi connectivity index (χ4v) is 4.52. The van der Waals surface area contributed by atoms with Gasteiger partial charge in [-0.2, -0.15) is 0 Å². The minimum Gasteiger partial charge on any atom is -0.227 e. The van der Waals surface area contributed by atoms with Gasteiger partial charge in [0.2, 0.25) is 0 Å². The van der Waals surface area contributed by atoms with Crippen LogP contribution in [0.15, 0.2) is 73.8 Å². The van der Waals surface area contributed by atoms with Crippen molar-refractivity contribution >= 4 is 9.84 Å². The highest BCUT2D eigenvalue weighted by atomic mass is 32.2. The molecule has 0 radical (unpaired) electrons. The lowest BCUT2D eigenvalue weighted by atomic mass is 10.1. The van der Waals surface area contributed by atoms with Crippen molar-refractivity contribution < 1.29 is 8.42 Å². The summed E-state index contributed by atoms with van der Waals surface area (Å²) < 4.78 is 26.2. The van der Waals surface area contributed by atoms with E-state index in [1.54, 1.807) is 0 Å². The quantitative estimate of drug-likeness (QED) is 0.710. The molecule has 0 saturated heterocycles. The van der Waals surface area contributed by atoms with Gasteiger partial charge in [0.25, 0.3) is 0 Å². The van der Waals surface area contributed by atoms with Gasteiger partial charge in [-0.3, -0.25) is 0 Å². The first-order valence-corrected chi connectivity index (χ1v) is 9.12. The second-order valence-electron chi connectivity index (χ2n) is 5.72. The maximum atomic E-state index is 13.1. The molecule has 2 atom stereocenters. The number of aryl methyl sites for hydroxylation is 2. The Balaban J connectivity index is 2.47. The largest absolute Gasteiger partial charge is 0.227 e. The third-order valence-corrected chi connectivity index (χ3v) is 6.29. The standard InChI is InChI=1S/C20H22O2S/c1-5-19(17-11-7-15(3)8-12-17)23(21,22)20(6-2)18-13-9-16(4)10-14-18/h5-14,19-20H,1-2H2,3-4H3. The van der Waals surface area contributed by atoms with Crippen molar-refractivity contribution in [2.45, 2.75) is 24.3 Å². The van der Waals surface area contributed by atoms with Crippen LogP contribution in [0, 0.1) is 13.8 Å². The zero-order chi connectivity index (χ0) is 17.0. The number of benzene rings is 2. The molecule has 2 unspecified atom stereocenters. The zero-order valence-electron chi connectivity index (χ0n) is 13.6. The summed E-state index contributed by atoms with van der Waals surface area (Å²) in [5, 5.41) is -1.51. The summed E-state index contributed by atoms with van der Waals surface area (Å²) in [6.07, 6.45) is 2.98. The fourth-order valence-electron chi connectivity index (χ4n) is 2.59. The van der Waals surface area contributed by atoms with Crippen molar-refractivity contribution in [2.24, 2.45) is 0 Å². The highest BCUT2D eigenvalue weighted by Gasteiger charge is 2.32. The van der Waals surface area contributed by atoms with Crippen LogP contribution in [0.2, 0.25) is 0 Å². The maximum Gasteiger partial charge on any atom is 0.171 e. The van der Waals surface area contributed by atoms with E-state index in [0.29, 0.717) is 0 Å². The van der Waals surface area contributed by atoms with Gasteiger partial charge in [0.1, 0.15) is 10.5 Å². The topological polar surface area (TPSA) is 34.1 Å². The van der Waals surface area contributed by atoms with Crippen LogP contribution in [0.3, 0.4) is 0 Å². The van der Waals surface area contributed by atoms with Gasteiger partial charge < -0.3 is 0 Å².